The number of carbonyl (C=O) groups is 3. The summed E-state index contributed by atoms with van der Waals surface area (Å²) in [5.41, 5.74) is 2.33. The standard InChI is InChI=1S/C17H16Cl2N4O5S/c18-9-1-3-10(4-2-9)28-6-5-20-21-7-12(24)22-13-15(25)23-14(17(26)27)11(19)8-29-16(13)23/h1-5,13,16,21H,6-8H2,(H,22,24)(H,26,27)/b20-5+. The molecule has 1 fully saturated rings. The Hall–Kier alpha value is -2.43. The number of benzene rings is 1. The molecule has 2 heterocycles. The minimum Gasteiger partial charge on any atom is -0.488 e. The summed E-state index contributed by atoms with van der Waals surface area (Å²) in [5.74, 6) is -1.33. The molecule has 3 rings (SSSR count). The summed E-state index contributed by atoms with van der Waals surface area (Å²) in [6, 6.07) is 6.04. The second-order valence-electron chi connectivity index (χ2n) is 5.93. The summed E-state index contributed by atoms with van der Waals surface area (Å²) >= 11 is 13.0. The van der Waals surface area contributed by atoms with E-state index in [0.717, 1.165) is 4.90 Å². The number of fused-ring (bicyclic) bond motifs is 1. The zero-order chi connectivity index (χ0) is 21.0. The second kappa shape index (κ2) is 9.38. The van der Waals surface area contributed by atoms with Crippen LogP contribution in [0, 0.1) is 0 Å². The maximum atomic E-state index is 12.2. The molecule has 0 aliphatic carbocycles. The smallest absolute Gasteiger partial charge is 0.353 e. The lowest BCUT2D eigenvalue weighted by molar-refractivity contribution is -0.150. The summed E-state index contributed by atoms with van der Waals surface area (Å²) < 4.78 is 5.41. The Morgan fingerprint density at radius 3 is 2.76 bits per heavy atom. The monoisotopic (exact) mass is 458 g/mol. The number of amides is 2. The summed E-state index contributed by atoms with van der Waals surface area (Å²) in [7, 11) is 0. The molecule has 2 atom stereocenters. The average molecular weight is 459 g/mol. The topological polar surface area (TPSA) is 120 Å². The highest BCUT2D eigenvalue weighted by molar-refractivity contribution is 8.00. The van der Waals surface area contributed by atoms with Crippen molar-refractivity contribution in [2.75, 3.05) is 18.9 Å². The molecule has 2 aliphatic heterocycles. The molecule has 0 spiro atoms. The van der Waals surface area contributed by atoms with Crippen LogP contribution in [-0.4, -0.2) is 64.3 Å². The average Bonchev–Trinajstić information content (AvgIpc) is 2.69. The van der Waals surface area contributed by atoms with Crippen LogP contribution in [0.1, 0.15) is 0 Å². The minimum absolute atomic E-state index is 0.105. The largest absolute Gasteiger partial charge is 0.488 e. The number of ether oxygens (including phenoxy) is 1. The summed E-state index contributed by atoms with van der Waals surface area (Å²) in [6.07, 6.45) is 1.45. The zero-order valence-corrected chi connectivity index (χ0v) is 17.1. The number of carboxylic acid groups (broad SMARTS) is 1. The molecule has 0 radical (unpaired) electrons. The van der Waals surface area contributed by atoms with Gasteiger partial charge in [-0.05, 0) is 24.3 Å². The lowest BCUT2D eigenvalue weighted by Crippen LogP contribution is -2.70. The van der Waals surface area contributed by atoms with E-state index in [4.69, 9.17) is 27.9 Å². The van der Waals surface area contributed by atoms with Crippen molar-refractivity contribution in [3.8, 4) is 5.75 Å². The van der Waals surface area contributed by atoms with Crippen molar-refractivity contribution in [2.24, 2.45) is 5.10 Å². The van der Waals surface area contributed by atoms with Crippen molar-refractivity contribution in [1.29, 1.82) is 0 Å². The number of halogens is 2. The number of hydrazone groups is 1. The van der Waals surface area contributed by atoms with Gasteiger partial charge in [0.2, 0.25) is 5.91 Å². The van der Waals surface area contributed by atoms with Gasteiger partial charge in [0.25, 0.3) is 5.91 Å². The molecule has 1 saturated heterocycles. The Morgan fingerprint density at radius 1 is 1.34 bits per heavy atom. The van der Waals surface area contributed by atoms with Gasteiger partial charge in [0, 0.05) is 10.8 Å². The van der Waals surface area contributed by atoms with Crippen molar-refractivity contribution in [1.82, 2.24) is 15.6 Å². The molecule has 0 bridgehead atoms. The third-order valence-corrected chi connectivity index (χ3v) is 6.00. The first kappa shape index (κ1) is 21.3. The van der Waals surface area contributed by atoms with Crippen molar-refractivity contribution >= 4 is 59.0 Å². The molecule has 2 aliphatic rings. The molecule has 0 aromatic heterocycles. The van der Waals surface area contributed by atoms with E-state index in [2.05, 4.69) is 15.8 Å². The number of rotatable bonds is 8. The highest BCUT2D eigenvalue weighted by atomic mass is 35.5. The lowest BCUT2D eigenvalue weighted by Gasteiger charge is -2.48. The quantitative estimate of drug-likeness (QED) is 0.304. The van der Waals surface area contributed by atoms with Gasteiger partial charge in [0.05, 0.1) is 11.2 Å². The van der Waals surface area contributed by atoms with Gasteiger partial charge >= 0.3 is 5.97 Å². The van der Waals surface area contributed by atoms with E-state index in [-0.39, 0.29) is 29.6 Å². The number of thioether (sulfide) groups is 1. The Balaban J connectivity index is 1.40. The first-order valence-corrected chi connectivity index (χ1v) is 10.2. The summed E-state index contributed by atoms with van der Waals surface area (Å²) in [5, 5.41) is 15.9. The number of carbonyl (C=O) groups excluding carboxylic acids is 2. The highest BCUT2D eigenvalue weighted by Crippen LogP contribution is 2.41. The van der Waals surface area contributed by atoms with Crippen LogP contribution in [-0.2, 0) is 14.4 Å². The fourth-order valence-electron chi connectivity index (χ4n) is 2.69. The second-order valence-corrected chi connectivity index (χ2v) is 7.92. The maximum Gasteiger partial charge on any atom is 0.353 e. The Bertz CT molecular complexity index is 877. The van der Waals surface area contributed by atoms with Crippen LogP contribution in [0.2, 0.25) is 5.02 Å². The minimum atomic E-state index is -1.27. The van der Waals surface area contributed by atoms with Crippen LogP contribution < -0.4 is 15.5 Å². The first-order valence-electron chi connectivity index (χ1n) is 8.37. The number of aliphatic carboxylic acids is 1. The Morgan fingerprint density at radius 2 is 2.07 bits per heavy atom. The van der Waals surface area contributed by atoms with Crippen LogP contribution in [0.3, 0.4) is 0 Å². The molecular weight excluding hydrogens is 443 g/mol. The Labute approximate surface area is 180 Å². The van der Waals surface area contributed by atoms with Gasteiger partial charge in [-0.3, -0.25) is 14.5 Å². The Kier molecular flexibility index (Phi) is 6.88. The fraction of sp³-hybridized carbons (Fsp3) is 0.294. The predicted molar refractivity (Wildman–Crippen MR) is 109 cm³/mol. The van der Waals surface area contributed by atoms with Gasteiger partial charge in [0.15, 0.2) is 0 Å². The number of hydrogen-bond donors (Lipinski definition) is 3. The van der Waals surface area contributed by atoms with E-state index in [1.54, 1.807) is 24.3 Å². The molecule has 0 saturated carbocycles. The SMILES string of the molecule is O=C(CN/N=C/COc1ccc(Cl)cc1)NC1C(=O)N2C(C(=O)O)=C(Cl)CSC12. The van der Waals surface area contributed by atoms with E-state index in [1.807, 2.05) is 0 Å². The number of nitrogens with one attached hydrogen (secondary N) is 2. The molecule has 2 amide bonds. The molecular formula is C17H16Cl2N4O5S. The van der Waals surface area contributed by atoms with Crippen LogP contribution in [0.25, 0.3) is 0 Å². The van der Waals surface area contributed by atoms with Crippen LogP contribution >= 0.6 is 35.0 Å². The van der Waals surface area contributed by atoms with Gasteiger partial charge in [-0.2, -0.15) is 5.10 Å². The highest BCUT2D eigenvalue weighted by Gasteiger charge is 2.54. The van der Waals surface area contributed by atoms with Gasteiger partial charge in [0.1, 0.15) is 36.0 Å². The molecule has 29 heavy (non-hydrogen) atoms. The third kappa shape index (κ3) is 4.95. The van der Waals surface area contributed by atoms with Gasteiger partial charge in [-0.25, -0.2) is 4.79 Å². The van der Waals surface area contributed by atoms with Crippen molar-refractivity contribution in [2.45, 2.75) is 11.4 Å². The van der Waals surface area contributed by atoms with Crippen molar-refractivity contribution < 1.29 is 24.2 Å². The van der Waals surface area contributed by atoms with Crippen LogP contribution in [0.4, 0.5) is 0 Å². The lowest BCUT2D eigenvalue weighted by atomic mass is 10.1. The molecule has 12 heteroatoms. The number of carboxylic acids is 1. The first-order chi connectivity index (χ1) is 13.9. The normalized spacial score (nSPS) is 20.9. The number of nitrogens with zero attached hydrogens (tertiary/aromatic N) is 2. The van der Waals surface area contributed by atoms with E-state index in [1.165, 1.54) is 18.0 Å². The fourth-order valence-corrected chi connectivity index (χ4v) is 4.37. The van der Waals surface area contributed by atoms with Crippen molar-refractivity contribution in [3.05, 3.63) is 40.0 Å². The molecule has 3 N–H and O–H groups in total. The van der Waals surface area contributed by atoms with Crippen molar-refractivity contribution in [3.63, 3.8) is 0 Å². The summed E-state index contributed by atoms with van der Waals surface area (Å²) in [4.78, 5) is 36.6. The van der Waals surface area contributed by atoms with Gasteiger partial charge in [-0.1, -0.05) is 23.2 Å². The maximum absolute atomic E-state index is 12.2. The molecule has 1 aromatic rings. The van der Waals surface area contributed by atoms with Gasteiger partial charge in [-0.15, -0.1) is 11.8 Å². The third-order valence-electron chi connectivity index (χ3n) is 4.00. The van der Waals surface area contributed by atoms with E-state index in [0.29, 0.717) is 10.8 Å². The molecule has 1 aromatic carbocycles. The van der Waals surface area contributed by atoms with Crippen LogP contribution in [0.5, 0.6) is 5.75 Å². The zero-order valence-electron chi connectivity index (χ0n) is 14.8. The molecule has 2 unspecified atom stereocenters. The predicted octanol–water partition coefficient (Wildman–Crippen LogP) is 1.23. The van der Waals surface area contributed by atoms with Crippen LogP contribution in [0.15, 0.2) is 40.1 Å². The van der Waals surface area contributed by atoms with E-state index < -0.39 is 29.2 Å². The molecule has 9 nitrogen and oxygen atoms in total. The number of hydrogen-bond acceptors (Lipinski definition) is 7. The summed E-state index contributed by atoms with van der Waals surface area (Å²) in [6.45, 7) is 0.0388. The van der Waals surface area contributed by atoms with E-state index >= 15 is 0 Å². The van der Waals surface area contributed by atoms with E-state index in [9.17, 15) is 19.5 Å². The molecule has 154 valence electrons. The van der Waals surface area contributed by atoms with Gasteiger partial charge < -0.3 is 20.6 Å². The number of β-lactam (4-membered cyclic amide) rings is 1.